The van der Waals surface area contributed by atoms with Crippen molar-refractivity contribution in [2.24, 2.45) is 0 Å². The molecule has 0 heterocycles. The molecule has 2 N–H and O–H groups in total. The number of methoxy groups -OCH3 is 1. The number of carbonyl (C=O) groups is 1. The van der Waals surface area contributed by atoms with E-state index < -0.39 is 0 Å². The summed E-state index contributed by atoms with van der Waals surface area (Å²) in [4.78, 5) is 11.5. The fourth-order valence-corrected chi connectivity index (χ4v) is 1.45. The molecule has 0 atom stereocenters. The lowest BCUT2D eigenvalue weighted by molar-refractivity contribution is -0.116. The molecule has 4 heteroatoms. The number of anilines is 1. The van der Waals surface area contributed by atoms with Crippen LogP contribution in [0.2, 0.25) is 0 Å². The van der Waals surface area contributed by atoms with Crippen molar-refractivity contribution >= 4 is 11.6 Å². The molecule has 0 aliphatic heterocycles. The maximum atomic E-state index is 11.5. The second-order valence-corrected chi connectivity index (χ2v) is 3.78. The van der Waals surface area contributed by atoms with Crippen LogP contribution in [-0.4, -0.2) is 26.1 Å². The van der Waals surface area contributed by atoms with Crippen molar-refractivity contribution in [3.8, 4) is 0 Å². The van der Waals surface area contributed by atoms with Gasteiger partial charge < -0.3 is 15.4 Å². The lowest BCUT2D eigenvalue weighted by Crippen LogP contribution is -2.21. The highest BCUT2D eigenvalue weighted by molar-refractivity contribution is 5.90. The van der Waals surface area contributed by atoms with Gasteiger partial charge in [0.05, 0.1) is 6.61 Å². The van der Waals surface area contributed by atoms with Gasteiger partial charge >= 0.3 is 0 Å². The molecule has 0 aliphatic carbocycles. The number of nitrogens with one attached hydrogen (secondary N) is 2. The molecule has 0 fully saturated rings. The second-order valence-electron chi connectivity index (χ2n) is 3.78. The Morgan fingerprint density at radius 3 is 2.59 bits per heavy atom. The van der Waals surface area contributed by atoms with Crippen molar-refractivity contribution < 1.29 is 9.53 Å². The summed E-state index contributed by atoms with van der Waals surface area (Å²) < 4.78 is 5.02. The van der Waals surface area contributed by atoms with Gasteiger partial charge in [-0.15, -0.1) is 0 Å². The number of carbonyl (C=O) groups excluding carboxylic acids is 1. The third-order valence-electron chi connectivity index (χ3n) is 2.33. The van der Waals surface area contributed by atoms with Gasteiger partial charge in [0.25, 0.3) is 0 Å². The molecule has 1 amide bonds. The van der Waals surface area contributed by atoms with Gasteiger partial charge in [0, 0.05) is 25.8 Å². The summed E-state index contributed by atoms with van der Waals surface area (Å²) in [5.74, 6) is 0.0328. The Bertz CT molecular complexity index is 336. The summed E-state index contributed by atoms with van der Waals surface area (Å²) in [6, 6.07) is 7.67. The fraction of sp³-hybridized carbons (Fsp3) is 0.462. The van der Waals surface area contributed by atoms with E-state index in [2.05, 4.69) is 10.6 Å². The van der Waals surface area contributed by atoms with Crippen LogP contribution in [0.1, 0.15) is 18.9 Å². The Kier molecular flexibility index (Phi) is 6.29. The SMILES string of the molecule is CCNCCC(=O)Nc1ccc(COC)cc1. The molecule has 0 radical (unpaired) electrons. The Balaban J connectivity index is 2.37. The van der Waals surface area contributed by atoms with Crippen LogP contribution in [0.4, 0.5) is 5.69 Å². The molecule has 0 unspecified atom stereocenters. The quantitative estimate of drug-likeness (QED) is 0.709. The van der Waals surface area contributed by atoms with Crippen molar-refractivity contribution in [3.05, 3.63) is 29.8 Å². The lowest BCUT2D eigenvalue weighted by Gasteiger charge is -2.06. The van der Waals surface area contributed by atoms with Crippen LogP contribution >= 0.6 is 0 Å². The average molecular weight is 236 g/mol. The summed E-state index contributed by atoms with van der Waals surface area (Å²) >= 11 is 0. The molecule has 0 saturated heterocycles. The van der Waals surface area contributed by atoms with E-state index in [4.69, 9.17) is 4.74 Å². The molecule has 0 aliphatic rings. The van der Waals surface area contributed by atoms with Crippen LogP contribution < -0.4 is 10.6 Å². The monoisotopic (exact) mass is 236 g/mol. The molecule has 1 aromatic carbocycles. The minimum Gasteiger partial charge on any atom is -0.380 e. The van der Waals surface area contributed by atoms with Gasteiger partial charge in [-0.2, -0.15) is 0 Å². The molecule has 17 heavy (non-hydrogen) atoms. The van der Waals surface area contributed by atoms with Gasteiger partial charge in [0.2, 0.25) is 5.91 Å². The minimum absolute atomic E-state index is 0.0328. The lowest BCUT2D eigenvalue weighted by atomic mass is 10.2. The Morgan fingerprint density at radius 1 is 1.29 bits per heavy atom. The number of ether oxygens (including phenoxy) is 1. The van der Waals surface area contributed by atoms with E-state index in [-0.39, 0.29) is 5.91 Å². The summed E-state index contributed by atoms with van der Waals surface area (Å²) in [6.45, 7) is 4.21. The maximum Gasteiger partial charge on any atom is 0.225 e. The predicted molar refractivity (Wildman–Crippen MR) is 68.9 cm³/mol. The zero-order valence-electron chi connectivity index (χ0n) is 10.5. The summed E-state index contributed by atoms with van der Waals surface area (Å²) in [7, 11) is 1.66. The maximum absolute atomic E-state index is 11.5. The van der Waals surface area contributed by atoms with Crippen LogP contribution in [0.15, 0.2) is 24.3 Å². The highest BCUT2D eigenvalue weighted by atomic mass is 16.5. The van der Waals surface area contributed by atoms with Crippen molar-refractivity contribution in [3.63, 3.8) is 0 Å². The third kappa shape index (κ3) is 5.47. The van der Waals surface area contributed by atoms with Crippen LogP contribution in [-0.2, 0) is 16.1 Å². The van der Waals surface area contributed by atoms with E-state index in [1.165, 1.54) is 0 Å². The number of hydrogen-bond acceptors (Lipinski definition) is 3. The van der Waals surface area contributed by atoms with Gasteiger partial charge in [-0.1, -0.05) is 19.1 Å². The molecule has 0 spiro atoms. The van der Waals surface area contributed by atoms with E-state index in [1.54, 1.807) is 7.11 Å². The minimum atomic E-state index is 0.0328. The number of benzene rings is 1. The number of rotatable bonds is 7. The van der Waals surface area contributed by atoms with Gasteiger partial charge in [-0.25, -0.2) is 0 Å². The molecular formula is C13H20N2O2. The first kappa shape index (κ1) is 13.7. The van der Waals surface area contributed by atoms with Gasteiger partial charge in [-0.05, 0) is 24.2 Å². The Hall–Kier alpha value is -1.39. The number of hydrogen-bond donors (Lipinski definition) is 2. The van der Waals surface area contributed by atoms with E-state index in [0.29, 0.717) is 19.6 Å². The van der Waals surface area contributed by atoms with Gasteiger partial charge in [0.15, 0.2) is 0 Å². The van der Waals surface area contributed by atoms with Crippen molar-refractivity contribution in [2.75, 3.05) is 25.5 Å². The molecule has 4 nitrogen and oxygen atoms in total. The molecule has 0 saturated carbocycles. The van der Waals surface area contributed by atoms with Crippen LogP contribution in [0.25, 0.3) is 0 Å². The zero-order valence-corrected chi connectivity index (χ0v) is 10.5. The Morgan fingerprint density at radius 2 is 2.00 bits per heavy atom. The first-order valence-electron chi connectivity index (χ1n) is 5.84. The first-order chi connectivity index (χ1) is 8.26. The van der Waals surface area contributed by atoms with Gasteiger partial charge in [0.1, 0.15) is 0 Å². The molecule has 1 rings (SSSR count). The van der Waals surface area contributed by atoms with E-state index in [1.807, 2.05) is 31.2 Å². The van der Waals surface area contributed by atoms with Crippen molar-refractivity contribution in [1.29, 1.82) is 0 Å². The van der Waals surface area contributed by atoms with E-state index in [9.17, 15) is 4.79 Å². The van der Waals surface area contributed by atoms with Crippen LogP contribution in [0.3, 0.4) is 0 Å². The van der Waals surface area contributed by atoms with Crippen LogP contribution in [0.5, 0.6) is 0 Å². The molecule has 0 aromatic heterocycles. The topological polar surface area (TPSA) is 50.4 Å². The van der Waals surface area contributed by atoms with Gasteiger partial charge in [-0.3, -0.25) is 4.79 Å². The highest BCUT2D eigenvalue weighted by Gasteiger charge is 2.01. The van der Waals surface area contributed by atoms with Crippen molar-refractivity contribution in [2.45, 2.75) is 20.0 Å². The molecular weight excluding hydrogens is 216 g/mol. The summed E-state index contributed by atoms with van der Waals surface area (Å²) in [5.41, 5.74) is 1.92. The largest absolute Gasteiger partial charge is 0.380 e. The molecule has 0 bridgehead atoms. The second kappa shape index (κ2) is 7.81. The third-order valence-corrected chi connectivity index (χ3v) is 2.33. The van der Waals surface area contributed by atoms with Crippen LogP contribution in [0, 0.1) is 0 Å². The van der Waals surface area contributed by atoms with E-state index >= 15 is 0 Å². The summed E-state index contributed by atoms with van der Waals surface area (Å²) in [6.07, 6.45) is 0.494. The normalized spacial score (nSPS) is 10.2. The highest BCUT2D eigenvalue weighted by Crippen LogP contribution is 2.10. The average Bonchev–Trinajstić information content (AvgIpc) is 2.32. The molecule has 94 valence electrons. The fourth-order valence-electron chi connectivity index (χ4n) is 1.45. The molecule has 1 aromatic rings. The number of amides is 1. The standard InChI is InChI=1S/C13H20N2O2/c1-3-14-9-8-13(16)15-12-6-4-11(5-7-12)10-17-2/h4-7,14H,3,8-10H2,1-2H3,(H,15,16). The predicted octanol–water partition coefficient (Wildman–Crippen LogP) is 1.77. The summed E-state index contributed by atoms with van der Waals surface area (Å²) in [5, 5.41) is 5.96. The first-order valence-corrected chi connectivity index (χ1v) is 5.84. The smallest absolute Gasteiger partial charge is 0.225 e. The van der Waals surface area contributed by atoms with Crippen molar-refractivity contribution in [1.82, 2.24) is 5.32 Å². The van der Waals surface area contributed by atoms with E-state index in [0.717, 1.165) is 17.8 Å². The zero-order chi connectivity index (χ0) is 12.5. The Labute approximate surface area is 102 Å².